The number of hydrogen-bond donors (Lipinski definition) is 1. The summed E-state index contributed by atoms with van der Waals surface area (Å²) in [6.07, 6.45) is 0. The average molecular weight is 436 g/mol. The van der Waals surface area contributed by atoms with E-state index in [0.717, 1.165) is 4.90 Å². The molecule has 0 aliphatic carbocycles. The molecule has 2 amide bonds. The Balaban J connectivity index is 1.81. The first-order valence-corrected chi connectivity index (χ1v) is 10.1. The Labute approximate surface area is 181 Å². The van der Waals surface area contributed by atoms with Crippen molar-refractivity contribution in [1.29, 1.82) is 5.26 Å². The molecular weight excluding hydrogens is 422 g/mol. The molecule has 0 saturated carbocycles. The van der Waals surface area contributed by atoms with Crippen molar-refractivity contribution < 1.29 is 14.3 Å². The molecule has 148 valence electrons. The Kier molecular flexibility index (Phi) is 5.27. The Bertz CT molecular complexity index is 1210. The van der Waals surface area contributed by atoms with E-state index in [0.29, 0.717) is 32.6 Å². The number of nitriles is 1. The summed E-state index contributed by atoms with van der Waals surface area (Å²) in [7, 11) is 1.51. The van der Waals surface area contributed by atoms with Crippen molar-refractivity contribution in [2.75, 3.05) is 17.3 Å². The average Bonchev–Trinajstić information content (AvgIpc) is 3.35. The number of methoxy groups -OCH3 is 1. The first-order chi connectivity index (χ1) is 14.5. The number of thiophene rings is 1. The normalized spacial score (nSPS) is 13.6. The van der Waals surface area contributed by atoms with E-state index in [4.69, 9.17) is 21.6 Å². The second kappa shape index (κ2) is 8.03. The van der Waals surface area contributed by atoms with Crippen molar-refractivity contribution >= 4 is 51.7 Å². The highest BCUT2D eigenvalue weighted by molar-refractivity contribution is 7.11. The molecule has 2 heterocycles. The number of halogens is 1. The van der Waals surface area contributed by atoms with Gasteiger partial charge >= 0.3 is 0 Å². The SMILES string of the molecule is COc1ccc(Cl)cc1NC1=C(c2cccs2)C(=O)N(c2ccc(C#N)cc2)C1=O. The van der Waals surface area contributed by atoms with E-state index >= 15 is 0 Å². The van der Waals surface area contributed by atoms with E-state index in [1.165, 1.54) is 18.4 Å². The number of carbonyl (C=O) groups is 2. The molecule has 0 unspecified atom stereocenters. The fourth-order valence-electron chi connectivity index (χ4n) is 3.13. The molecule has 0 fully saturated rings. The smallest absolute Gasteiger partial charge is 0.282 e. The quantitative estimate of drug-likeness (QED) is 0.588. The molecule has 30 heavy (non-hydrogen) atoms. The number of hydrogen-bond acceptors (Lipinski definition) is 6. The van der Waals surface area contributed by atoms with Gasteiger partial charge < -0.3 is 10.1 Å². The van der Waals surface area contributed by atoms with Crippen LogP contribution in [0.2, 0.25) is 5.02 Å². The van der Waals surface area contributed by atoms with Gasteiger partial charge in [0.25, 0.3) is 11.8 Å². The third-order valence-electron chi connectivity index (χ3n) is 4.53. The van der Waals surface area contributed by atoms with Gasteiger partial charge in [0, 0.05) is 9.90 Å². The standard InChI is InChI=1S/C22H14ClN3O3S/c1-29-17-9-6-14(23)11-16(17)25-20-19(18-3-2-10-30-18)21(27)26(22(20)28)15-7-4-13(12-24)5-8-15/h2-11,25H,1H3. The van der Waals surface area contributed by atoms with E-state index in [-0.39, 0.29) is 11.3 Å². The van der Waals surface area contributed by atoms with E-state index in [1.54, 1.807) is 48.5 Å². The summed E-state index contributed by atoms with van der Waals surface area (Å²) < 4.78 is 5.35. The van der Waals surface area contributed by atoms with E-state index in [1.807, 2.05) is 17.5 Å². The zero-order valence-electron chi connectivity index (χ0n) is 15.7. The van der Waals surface area contributed by atoms with Gasteiger partial charge in [-0.1, -0.05) is 17.7 Å². The van der Waals surface area contributed by atoms with Gasteiger partial charge in [-0.15, -0.1) is 11.3 Å². The maximum atomic E-state index is 13.3. The van der Waals surface area contributed by atoms with Crippen LogP contribution in [-0.2, 0) is 9.59 Å². The van der Waals surface area contributed by atoms with Crippen LogP contribution in [0.4, 0.5) is 11.4 Å². The molecule has 1 aliphatic rings. The molecule has 2 aromatic carbocycles. The van der Waals surface area contributed by atoms with Gasteiger partial charge in [-0.05, 0) is 53.9 Å². The Hall–Kier alpha value is -3.60. The summed E-state index contributed by atoms with van der Waals surface area (Å²) in [5.74, 6) is -0.472. The molecule has 0 radical (unpaired) electrons. The van der Waals surface area contributed by atoms with Crippen LogP contribution in [-0.4, -0.2) is 18.9 Å². The molecule has 6 nitrogen and oxygen atoms in total. The zero-order valence-corrected chi connectivity index (χ0v) is 17.3. The lowest BCUT2D eigenvalue weighted by molar-refractivity contribution is -0.120. The van der Waals surface area contributed by atoms with E-state index in [9.17, 15) is 9.59 Å². The molecule has 1 N–H and O–H groups in total. The maximum absolute atomic E-state index is 13.3. The van der Waals surface area contributed by atoms with Crippen molar-refractivity contribution in [2.45, 2.75) is 0 Å². The van der Waals surface area contributed by atoms with Crippen molar-refractivity contribution in [3.05, 3.63) is 81.1 Å². The summed E-state index contributed by atoms with van der Waals surface area (Å²) in [5.41, 5.74) is 1.69. The predicted octanol–water partition coefficient (Wildman–Crippen LogP) is 4.68. The highest BCUT2D eigenvalue weighted by Gasteiger charge is 2.41. The summed E-state index contributed by atoms with van der Waals surface area (Å²) in [4.78, 5) is 28.4. The zero-order chi connectivity index (χ0) is 21.3. The first kappa shape index (κ1) is 19.7. The minimum Gasteiger partial charge on any atom is -0.495 e. The number of ether oxygens (including phenoxy) is 1. The number of amides is 2. The topological polar surface area (TPSA) is 82.4 Å². The summed E-state index contributed by atoms with van der Waals surface area (Å²) in [6.45, 7) is 0. The molecule has 0 spiro atoms. The highest BCUT2D eigenvalue weighted by Crippen LogP contribution is 2.37. The molecule has 4 rings (SSSR count). The monoisotopic (exact) mass is 435 g/mol. The van der Waals surface area contributed by atoms with Crippen molar-refractivity contribution in [3.8, 4) is 11.8 Å². The summed E-state index contributed by atoms with van der Waals surface area (Å²) >= 11 is 7.47. The third-order valence-corrected chi connectivity index (χ3v) is 5.65. The molecule has 1 aliphatic heterocycles. The lowest BCUT2D eigenvalue weighted by Gasteiger charge is -2.16. The number of imide groups is 1. The Morgan fingerprint density at radius 1 is 1.10 bits per heavy atom. The fourth-order valence-corrected chi connectivity index (χ4v) is 4.07. The van der Waals surface area contributed by atoms with Gasteiger partial charge in [0.05, 0.1) is 35.7 Å². The highest BCUT2D eigenvalue weighted by atomic mass is 35.5. The van der Waals surface area contributed by atoms with Gasteiger partial charge in [-0.3, -0.25) is 9.59 Å². The maximum Gasteiger partial charge on any atom is 0.282 e. The van der Waals surface area contributed by atoms with Crippen LogP contribution in [0, 0.1) is 11.3 Å². The second-order valence-corrected chi connectivity index (χ2v) is 7.69. The van der Waals surface area contributed by atoms with Gasteiger partial charge in [0.15, 0.2) is 0 Å². The van der Waals surface area contributed by atoms with Crippen LogP contribution in [0.3, 0.4) is 0 Å². The lowest BCUT2D eigenvalue weighted by atomic mass is 10.1. The molecule has 3 aromatic rings. The van der Waals surface area contributed by atoms with Crippen LogP contribution in [0.1, 0.15) is 10.4 Å². The second-order valence-electron chi connectivity index (χ2n) is 6.30. The van der Waals surface area contributed by atoms with Crippen molar-refractivity contribution in [3.63, 3.8) is 0 Å². The minimum absolute atomic E-state index is 0.132. The van der Waals surface area contributed by atoms with Crippen LogP contribution in [0.5, 0.6) is 5.75 Å². The van der Waals surface area contributed by atoms with E-state index in [2.05, 4.69) is 5.32 Å². The van der Waals surface area contributed by atoms with E-state index < -0.39 is 11.8 Å². The van der Waals surface area contributed by atoms with Crippen LogP contribution in [0.15, 0.2) is 65.7 Å². The first-order valence-electron chi connectivity index (χ1n) is 8.81. The number of nitrogens with one attached hydrogen (secondary N) is 1. The lowest BCUT2D eigenvalue weighted by Crippen LogP contribution is -2.32. The summed E-state index contributed by atoms with van der Waals surface area (Å²) in [6, 6.07) is 16.9. The predicted molar refractivity (Wildman–Crippen MR) is 117 cm³/mol. The molecule has 8 heteroatoms. The molecular formula is C22H14ClN3O3S. The number of nitrogens with zero attached hydrogens (tertiary/aromatic N) is 2. The van der Waals surface area contributed by atoms with Gasteiger partial charge in [0.2, 0.25) is 0 Å². The third kappa shape index (κ3) is 3.43. The summed E-state index contributed by atoms with van der Waals surface area (Å²) in [5, 5.41) is 14.4. The number of rotatable bonds is 5. The fraction of sp³-hybridized carbons (Fsp3) is 0.0455. The van der Waals surface area contributed by atoms with Gasteiger partial charge in [0.1, 0.15) is 11.4 Å². The Morgan fingerprint density at radius 2 is 1.87 bits per heavy atom. The minimum atomic E-state index is -0.505. The number of carbonyl (C=O) groups excluding carboxylic acids is 2. The van der Waals surface area contributed by atoms with Crippen LogP contribution in [0.25, 0.3) is 5.57 Å². The van der Waals surface area contributed by atoms with Crippen molar-refractivity contribution in [1.82, 2.24) is 0 Å². The van der Waals surface area contributed by atoms with Crippen molar-refractivity contribution in [2.24, 2.45) is 0 Å². The van der Waals surface area contributed by atoms with Gasteiger partial charge in [-0.25, -0.2) is 4.90 Å². The Morgan fingerprint density at radius 3 is 2.50 bits per heavy atom. The van der Waals surface area contributed by atoms with Crippen LogP contribution >= 0.6 is 22.9 Å². The molecule has 0 saturated heterocycles. The number of benzene rings is 2. The largest absolute Gasteiger partial charge is 0.495 e. The van der Waals surface area contributed by atoms with Crippen LogP contribution < -0.4 is 15.0 Å². The molecule has 1 aromatic heterocycles. The van der Waals surface area contributed by atoms with Gasteiger partial charge in [-0.2, -0.15) is 5.26 Å². The molecule has 0 atom stereocenters. The molecule has 0 bridgehead atoms. The number of anilines is 2.